The predicted molar refractivity (Wildman–Crippen MR) is 81.4 cm³/mol. The molecule has 1 fully saturated rings. The van der Waals surface area contributed by atoms with Crippen molar-refractivity contribution in [2.45, 2.75) is 44.4 Å². The fourth-order valence-corrected chi connectivity index (χ4v) is 3.94. The molecule has 8 heteroatoms. The van der Waals surface area contributed by atoms with Gasteiger partial charge in [0.2, 0.25) is 0 Å². The fraction of sp³-hybridized carbons (Fsp3) is 0.714. The van der Waals surface area contributed by atoms with Gasteiger partial charge in [-0.15, -0.1) is 0 Å². The number of hydrogen-bond donors (Lipinski definition) is 2. The molecular formula is C14H24N2O5S. The summed E-state index contributed by atoms with van der Waals surface area (Å²) < 4.78 is 39.1. The summed E-state index contributed by atoms with van der Waals surface area (Å²) in [6.45, 7) is 2.89. The van der Waals surface area contributed by atoms with Crippen LogP contribution in [-0.4, -0.2) is 50.2 Å². The largest absolute Gasteiger partial charge is 0.467 e. The molecule has 2 N–H and O–H groups in total. The molecule has 0 aromatic carbocycles. The van der Waals surface area contributed by atoms with Gasteiger partial charge in [0.1, 0.15) is 11.9 Å². The number of aliphatic hydroxyl groups excluding tert-OH is 1. The van der Waals surface area contributed by atoms with Gasteiger partial charge in [-0.25, -0.2) is 0 Å². The molecule has 0 aliphatic carbocycles. The van der Waals surface area contributed by atoms with Crippen molar-refractivity contribution in [3.05, 3.63) is 24.2 Å². The summed E-state index contributed by atoms with van der Waals surface area (Å²) in [5, 5.41) is 10.0. The van der Waals surface area contributed by atoms with Gasteiger partial charge in [-0.3, -0.25) is 0 Å². The summed E-state index contributed by atoms with van der Waals surface area (Å²) in [5.74, 6) is 0.434. The van der Waals surface area contributed by atoms with Crippen LogP contribution in [0.4, 0.5) is 0 Å². The van der Waals surface area contributed by atoms with Crippen molar-refractivity contribution in [2.24, 2.45) is 0 Å². The number of hydrogen-bond acceptors (Lipinski definition) is 5. The van der Waals surface area contributed by atoms with Crippen LogP contribution >= 0.6 is 0 Å². The smallest absolute Gasteiger partial charge is 0.279 e. The Kier molecular flexibility index (Phi) is 5.99. The van der Waals surface area contributed by atoms with Crippen LogP contribution in [0.1, 0.15) is 38.1 Å². The van der Waals surface area contributed by atoms with Gasteiger partial charge in [0, 0.05) is 32.3 Å². The topological polar surface area (TPSA) is 92.0 Å². The quantitative estimate of drug-likeness (QED) is 0.778. The SMILES string of the molecule is C[C@@H](C[C@@H](O)c1ccco1)NS(=O)(=O)N(C)C1CCOCC1. The molecule has 0 unspecified atom stereocenters. The molecule has 22 heavy (non-hydrogen) atoms. The van der Waals surface area contributed by atoms with Gasteiger partial charge >= 0.3 is 0 Å². The van der Waals surface area contributed by atoms with Crippen LogP contribution in [0.15, 0.2) is 22.8 Å². The average Bonchev–Trinajstić information content (AvgIpc) is 3.01. The highest BCUT2D eigenvalue weighted by Gasteiger charge is 2.29. The normalized spacial score (nSPS) is 20.2. The predicted octanol–water partition coefficient (Wildman–Crippen LogP) is 1.04. The highest BCUT2D eigenvalue weighted by molar-refractivity contribution is 7.87. The summed E-state index contributed by atoms with van der Waals surface area (Å²) in [6.07, 6.45) is 2.28. The van der Waals surface area contributed by atoms with Crippen LogP contribution in [0.2, 0.25) is 0 Å². The van der Waals surface area contributed by atoms with Crippen LogP contribution in [0, 0.1) is 0 Å². The molecule has 0 saturated carbocycles. The molecule has 7 nitrogen and oxygen atoms in total. The molecule has 126 valence electrons. The third-order valence-electron chi connectivity index (χ3n) is 3.88. The van der Waals surface area contributed by atoms with Crippen molar-refractivity contribution in [1.82, 2.24) is 9.03 Å². The Balaban J connectivity index is 1.89. The number of ether oxygens (including phenoxy) is 1. The lowest BCUT2D eigenvalue weighted by Crippen LogP contribution is -2.48. The van der Waals surface area contributed by atoms with Crippen molar-refractivity contribution in [3.63, 3.8) is 0 Å². The molecule has 1 aromatic heterocycles. The molecule has 1 aliphatic rings. The van der Waals surface area contributed by atoms with Gasteiger partial charge in [-0.1, -0.05) is 0 Å². The Hall–Kier alpha value is -0.930. The maximum Gasteiger partial charge on any atom is 0.279 e. The van der Waals surface area contributed by atoms with Crippen LogP contribution in [0.3, 0.4) is 0 Å². The van der Waals surface area contributed by atoms with E-state index in [9.17, 15) is 13.5 Å². The van der Waals surface area contributed by atoms with E-state index in [0.717, 1.165) is 0 Å². The van der Waals surface area contributed by atoms with E-state index in [1.807, 2.05) is 0 Å². The minimum atomic E-state index is -3.59. The van der Waals surface area contributed by atoms with Crippen LogP contribution in [-0.2, 0) is 14.9 Å². The van der Waals surface area contributed by atoms with E-state index in [-0.39, 0.29) is 12.5 Å². The highest BCUT2D eigenvalue weighted by Crippen LogP contribution is 2.20. The molecule has 0 amide bonds. The summed E-state index contributed by atoms with van der Waals surface area (Å²) in [7, 11) is -2.01. The highest BCUT2D eigenvalue weighted by atomic mass is 32.2. The maximum atomic E-state index is 12.4. The first kappa shape index (κ1) is 17.4. The molecule has 1 aromatic rings. The van der Waals surface area contributed by atoms with Gasteiger partial charge in [-0.2, -0.15) is 17.4 Å². The molecule has 1 saturated heterocycles. The van der Waals surface area contributed by atoms with Crippen molar-refractivity contribution in [1.29, 1.82) is 0 Å². The first-order valence-corrected chi connectivity index (χ1v) is 8.88. The Morgan fingerprint density at radius 3 is 2.73 bits per heavy atom. The van der Waals surface area contributed by atoms with Gasteiger partial charge in [0.05, 0.1) is 6.26 Å². The third kappa shape index (κ3) is 4.53. The first-order chi connectivity index (χ1) is 10.4. The zero-order valence-electron chi connectivity index (χ0n) is 12.9. The third-order valence-corrected chi connectivity index (χ3v) is 5.64. The summed E-state index contributed by atoms with van der Waals surface area (Å²) >= 11 is 0. The molecule has 1 aliphatic heterocycles. The number of furan rings is 1. The van der Waals surface area contributed by atoms with Crippen molar-refractivity contribution >= 4 is 10.2 Å². The van der Waals surface area contributed by atoms with Gasteiger partial charge in [0.15, 0.2) is 0 Å². The Labute approximate surface area is 131 Å². The number of nitrogens with one attached hydrogen (secondary N) is 1. The van der Waals surface area contributed by atoms with Gasteiger partial charge in [0.25, 0.3) is 10.2 Å². The Bertz CT molecular complexity index is 540. The van der Waals surface area contributed by atoms with Crippen LogP contribution in [0.5, 0.6) is 0 Å². The Morgan fingerprint density at radius 1 is 1.45 bits per heavy atom. The standard InChI is InChI=1S/C14H24N2O5S/c1-11(10-13(17)14-4-3-7-21-14)15-22(18,19)16(2)12-5-8-20-9-6-12/h3-4,7,11-13,15,17H,5-6,8-10H2,1-2H3/t11-,13+/m0/s1. The summed E-state index contributed by atoms with van der Waals surface area (Å²) in [4.78, 5) is 0. The monoisotopic (exact) mass is 332 g/mol. The zero-order chi connectivity index (χ0) is 16.2. The minimum absolute atomic E-state index is 0.0477. The summed E-state index contributed by atoms with van der Waals surface area (Å²) in [5.41, 5.74) is 0. The second-order valence-corrected chi connectivity index (χ2v) is 7.41. The Morgan fingerprint density at radius 2 is 2.14 bits per heavy atom. The maximum absolute atomic E-state index is 12.4. The van der Waals surface area contributed by atoms with E-state index < -0.39 is 22.4 Å². The first-order valence-electron chi connectivity index (χ1n) is 7.44. The molecule has 0 spiro atoms. The van der Waals surface area contributed by atoms with Crippen LogP contribution in [0.25, 0.3) is 0 Å². The lowest BCUT2D eigenvalue weighted by Gasteiger charge is -2.31. The fourth-order valence-electron chi connectivity index (χ4n) is 2.56. The van der Waals surface area contributed by atoms with Crippen LogP contribution < -0.4 is 4.72 Å². The summed E-state index contributed by atoms with van der Waals surface area (Å²) in [6, 6.07) is 2.90. The van der Waals surface area contributed by atoms with Gasteiger partial charge < -0.3 is 14.3 Å². The van der Waals surface area contributed by atoms with E-state index in [1.54, 1.807) is 26.1 Å². The van der Waals surface area contributed by atoms with E-state index in [4.69, 9.17) is 9.15 Å². The van der Waals surface area contributed by atoms with Crippen molar-refractivity contribution in [3.8, 4) is 0 Å². The lowest BCUT2D eigenvalue weighted by molar-refractivity contribution is 0.0627. The van der Waals surface area contributed by atoms with E-state index in [2.05, 4.69) is 4.72 Å². The van der Waals surface area contributed by atoms with Crippen molar-refractivity contribution < 1.29 is 22.7 Å². The molecule has 0 bridgehead atoms. The van der Waals surface area contributed by atoms with E-state index in [1.165, 1.54) is 10.6 Å². The molecule has 0 radical (unpaired) electrons. The zero-order valence-corrected chi connectivity index (χ0v) is 13.8. The minimum Gasteiger partial charge on any atom is -0.467 e. The lowest BCUT2D eigenvalue weighted by atomic mass is 10.1. The van der Waals surface area contributed by atoms with Crippen molar-refractivity contribution in [2.75, 3.05) is 20.3 Å². The molecule has 2 heterocycles. The molecular weight excluding hydrogens is 308 g/mol. The number of aliphatic hydroxyl groups is 1. The molecule has 2 rings (SSSR count). The number of rotatable bonds is 7. The van der Waals surface area contributed by atoms with E-state index >= 15 is 0 Å². The average molecular weight is 332 g/mol. The molecule has 2 atom stereocenters. The second kappa shape index (κ2) is 7.56. The number of nitrogens with zero attached hydrogens (tertiary/aromatic N) is 1. The van der Waals surface area contributed by atoms with Gasteiger partial charge in [-0.05, 0) is 38.3 Å². The van der Waals surface area contributed by atoms with E-state index in [0.29, 0.717) is 31.8 Å². The second-order valence-electron chi connectivity index (χ2n) is 5.65.